The lowest BCUT2D eigenvalue weighted by molar-refractivity contribution is -0.0238. The second-order valence-corrected chi connectivity index (χ2v) is 6.27. The second-order valence-electron chi connectivity index (χ2n) is 6.27. The molecule has 4 rings (SSSR count). The Morgan fingerprint density at radius 2 is 2.07 bits per heavy atom. The minimum Gasteiger partial charge on any atom is -0.387 e. The summed E-state index contributed by atoms with van der Waals surface area (Å²) >= 11 is 0. The van der Waals surface area contributed by atoms with E-state index in [1.165, 1.54) is 17.2 Å². The Balaban J connectivity index is 1.65. The molecule has 0 spiro atoms. The van der Waals surface area contributed by atoms with Crippen LogP contribution in [0.4, 0.5) is 10.2 Å². The summed E-state index contributed by atoms with van der Waals surface area (Å²) in [5.41, 5.74) is 1.09. The van der Waals surface area contributed by atoms with E-state index in [0.717, 1.165) is 0 Å². The number of carbonyl (C=O) groups excluding carboxylic acids is 1. The molecule has 2 aromatic heterocycles. The third-order valence-electron chi connectivity index (χ3n) is 4.60. The molecule has 140 valence electrons. The fourth-order valence-corrected chi connectivity index (χ4v) is 3.16. The molecule has 0 bridgehead atoms. The van der Waals surface area contributed by atoms with Crippen molar-refractivity contribution in [3.63, 3.8) is 0 Å². The van der Waals surface area contributed by atoms with Gasteiger partial charge in [0.15, 0.2) is 29.4 Å². The number of aromatic nitrogens is 4. The van der Waals surface area contributed by atoms with Crippen LogP contribution in [0.2, 0.25) is 0 Å². The van der Waals surface area contributed by atoms with Crippen molar-refractivity contribution < 1.29 is 19.0 Å². The number of fused-ring (bicyclic) bond motifs is 1. The van der Waals surface area contributed by atoms with E-state index in [2.05, 4.69) is 20.3 Å². The molecule has 1 saturated heterocycles. The highest BCUT2D eigenvalue weighted by Gasteiger charge is 2.44. The van der Waals surface area contributed by atoms with Crippen molar-refractivity contribution in [2.75, 3.05) is 5.32 Å². The van der Waals surface area contributed by atoms with E-state index in [-0.39, 0.29) is 11.7 Å². The molecule has 2 N–H and O–H groups in total. The molecular formula is C18H18FN5O3. The van der Waals surface area contributed by atoms with Gasteiger partial charge in [-0.2, -0.15) is 0 Å². The number of halogens is 1. The average molecular weight is 371 g/mol. The Bertz CT molecular complexity index is 964. The van der Waals surface area contributed by atoms with E-state index in [4.69, 9.17) is 4.74 Å². The third-order valence-corrected chi connectivity index (χ3v) is 4.60. The van der Waals surface area contributed by atoms with Crippen LogP contribution in [-0.4, -0.2) is 48.9 Å². The summed E-state index contributed by atoms with van der Waals surface area (Å²) in [5, 5.41) is 12.7. The zero-order chi connectivity index (χ0) is 19.0. The fourth-order valence-electron chi connectivity index (χ4n) is 3.16. The normalized spacial score (nSPS) is 25.0. The van der Waals surface area contributed by atoms with Gasteiger partial charge in [-0.1, -0.05) is 25.1 Å². The molecule has 1 aliphatic heterocycles. The molecule has 27 heavy (non-hydrogen) atoms. The molecule has 1 amide bonds. The highest BCUT2D eigenvalue weighted by atomic mass is 19.1. The molecule has 1 aromatic carbocycles. The topological polar surface area (TPSA) is 102 Å². The van der Waals surface area contributed by atoms with Crippen molar-refractivity contribution in [2.24, 2.45) is 0 Å². The molecular weight excluding hydrogens is 353 g/mol. The molecule has 0 aliphatic carbocycles. The summed E-state index contributed by atoms with van der Waals surface area (Å²) in [4.78, 5) is 24.8. The lowest BCUT2D eigenvalue weighted by Crippen LogP contribution is -2.27. The van der Waals surface area contributed by atoms with Gasteiger partial charge in [-0.25, -0.2) is 19.3 Å². The number of nitrogens with zero attached hydrogens (tertiary/aromatic N) is 4. The number of anilines is 1. The maximum absolute atomic E-state index is 14.5. The molecule has 1 unspecified atom stereocenters. The van der Waals surface area contributed by atoms with Gasteiger partial charge in [0, 0.05) is 5.56 Å². The van der Waals surface area contributed by atoms with Gasteiger partial charge < -0.3 is 15.2 Å². The number of rotatable bonds is 4. The van der Waals surface area contributed by atoms with Crippen molar-refractivity contribution >= 4 is 22.9 Å². The standard InChI is InChI=1S/C18H18FN5O3/c1-2-11-14(25)12(19)18(27-11)24-9-22-13-15(20-8-21-16(13)24)23-17(26)10-6-4-3-5-7-10/h3-9,11-12,14,18,25H,2H2,1H3,(H,20,21,23,26)/t11-,12-,14-,18?/m1/s1. The molecule has 3 aromatic rings. The first-order valence-corrected chi connectivity index (χ1v) is 8.61. The summed E-state index contributed by atoms with van der Waals surface area (Å²) in [7, 11) is 0. The van der Waals surface area contributed by atoms with E-state index in [9.17, 15) is 14.3 Å². The van der Waals surface area contributed by atoms with Crippen molar-refractivity contribution in [1.82, 2.24) is 19.5 Å². The van der Waals surface area contributed by atoms with Crippen LogP contribution in [0.3, 0.4) is 0 Å². The van der Waals surface area contributed by atoms with Gasteiger partial charge in [-0.05, 0) is 18.6 Å². The number of aliphatic hydroxyl groups is 1. The first-order valence-electron chi connectivity index (χ1n) is 8.61. The number of benzene rings is 1. The molecule has 0 radical (unpaired) electrons. The lowest BCUT2D eigenvalue weighted by Gasteiger charge is -2.15. The van der Waals surface area contributed by atoms with Gasteiger partial charge in [0.05, 0.1) is 12.4 Å². The summed E-state index contributed by atoms with van der Waals surface area (Å²) < 4.78 is 21.5. The minimum atomic E-state index is -1.61. The molecule has 1 fully saturated rings. The fraction of sp³-hybridized carbons (Fsp3) is 0.333. The second kappa shape index (κ2) is 7.01. The van der Waals surface area contributed by atoms with Crippen LogP contribution in [0.5, 0.6) is 0 Å². The maximum Gasteiger partial charge on any atom is 0.256 e. The van der Waals surface area contributed by atoms with Crippen LogP contribution >= 0.6 is 0 Å². The lowest BCUT2D eigenvalue weighted by atomic mass is 10.1. The van der Waals surface area contributed by atoms with E-state index in [1.807, 2.05) is 13.0 Å². The summed E-state index contributed by atoms with van der Waals surface area (Å²) in [5.74, 6) is -0.124. The quantitative estimate of drug-likeness (QED) is 0.728. The van der Waals surface area contributed by atoms with Crippen LogP contribution < -0.4 is 5.32 Å². The van der Waals surface area contributed by atoms with Crippen molar-refractivity contribution in [1.29, 1.82) is 0 Å². The van der Waals surface area contributed by atoms with Crippen LogP contribution in [-0.2, 0) is 4.74 Å². The number of aliphatic hydroxyl groups excluding tert-OH is 1. The Kier molecular flexibility index (Phi) is 4.54. The number of hydrogen-bond donors (Lipinski definition) is 2. The molecule has 8 nitrogen and oxygen atoms in total. The van der Waals surface area contributed by atoms with Crippen LogP contribution in [0.25, 0.3) is 11.2 Å². The summed E-state index contributed by atoms with van der Waals surface area (Å²) in [6.07, 6.45) is -1.33. The first-order chi connectivity index (χ1) is 13.1. The van der Waals surface area contributed by atoms with Crippen LogP contribution in [0.15, 0.2) is 43.0 Å². The molecule has 0 saturated carbocycles. The monoisotopic (exact) mass is 371 g/mol. The predicted molar refractivity (Wildman–Crippen MR) is 94.8 cm³/mol. The van der Waals surface area contributed by atoms with Gasteiger partial charge in [0.2, 0.25) is 0 Å². The maximum atomic E-state index is 14.5. The number of alkyl halides is 1. The molecule has 3 heterocycles. The molecule has 1 aliphatic rings. The SMILES string of the molecule is CC[C@H]1OC(n2cnc3c(NC(=O)c4ccccc4)ncnc32)[C@H](F)[C@@H]1O. The Morgan fingerprint density at radius 1 is 1.30 bits per heavy atom. The number of nitrogens with one attached hydrogen (secondary N) is 1. The smallest absolute Gasteiger partial charge is 0.256 e. The highest BCUT2D eigenvalue weighted by Crippen LogP contribution is 2.35. The number of ether oxygens (including phenoxy) is 1. The van der Waals surface area contributed by atoms with Crippen molar-refractivity contribution in [3.8, 4) is 0 Å². The highest BCUT2D eigenvalue weighted by molar-refractivity contribution is 6.06. The first kappa shape index (κ1) is 17.5. The number of hydrogen-bond acceptors (Lipinski definition) is 6. The Hall–Kier alpha value is -2.91. The number of amides is 1. The van der Waals surface area contributed by atoms with E-state index >= 15 is 0 Å². The minimum absolute atomic E-state index is 0.216. The third kappa shape index (κ3) is 3.04. The van der Waals surface area contributed by atoms with Gasteiger partial charge in [0.25, 0.3) is 5.91 Å². The zero-order valence-electron chi connectivity index (χ0n) is 14.5. The van der Waals surface area contributed by atoms with Crippen LogP contribution in [0, 0.1) is 0 Å². The zero-order valence-corrected chi connectivity index (χ0v) is 14.5. The van der Waals surface area contributed by atoms with Gasteiger partial charge in [-0.15, -0.1) is 0 Å². The average Bonchev–Trinajstić information content (AvgIpc) is 3.25. The Morgan fingerprint density at radius 3 is 2.78 bits per heavy atom. The van der Waals surface area contributed by atoms with Gasteiger partial charge in [0.1, 0.15) is 12.4 Å². The predicted octanol–water partition coefficient (Wildman–Crippen LogP) is 2.09. The van der Waals surface area contributed by atoms with E-state index in [0.29, 0.717) is 23.1 Å². The molecule has 4 atom stereocenters. The van der Waals surface area contributed by atoms with Crippen LogP contribution in [0.1, 0.15) is 29.9 Å². The van der Waals surface area contributed by atoms with Crippen molar-refractivity contribution in [2.45, 2.75) is 38.0 Å². The Labute approximate surface area is 154 Å². The van der Waals surface area contributed by atoms with Gasteiger partial charge >= 0.3 is 0 Å². The summed E-state index contributed by atoms with van der Waals surface area (Å²) in [6, 6.07) is 8.69. The van der Waals surface area contributed by atoms with E-state index < -0.39 is 24.6 Å². The van der Waals surface area contributed by atoms with E-state index in [1.54, 1.807) is 24.3 Å². The number of imidazole rings is 1. The largest absolute Gasteiger partial charge is 0.387 e. The number of carbonyl (C=O) groups is 1. The van der Waals surface area contributed by atoms with Gasteiger partial charge in [-0.3, -0.25) is 9.36 Å². The van der Waals surface area contributed by atoms with Crippen molar-refractivity contribution in [3.05, 3.63) is 48.5 Å². The summed E-state index contributed by atoms with van der Waals surface area (Å²) in [6.45, 7) is 1.81. The molecule has 9 heteroatoms.